The minimum Gasteiger partial charge on any atom is -0.346 e. The second kappa shape index (κ2) is 12.0. The van der Waals surface area contributed by atoms with Crippen LogP contribution in [0, 0.1) is 0 Å². The van der Waals surface area contributed by atoms with Crippen molar-refractivity contribution in [3.05, 3.63) is 117 Å². The number of hydrogen-bond acceptors (Lipinski definition) is 6. The number of nitrogens with two attached hydrogens (primary N) is 1. The van der Waals surface area contributed by atoms with Gasteiger partial charge in [-0.25, -0.2) is 9.97 Å². The van der Waals surface area contributed by atoms with Crippen LogP contribution in [0.5, 0.6) is 0 Å². The maximum Gasteiger partial charge on any atom is 0.251 e. The molecule has 0 spiro atoms. The van der Waals surface area contributed by atoms with Gasteiger partial charge in [-0.05, 0) is 12.1 Å². The average molecular weight is 485 g/mol. The van der Waals surface area contributed by atoms with Crippen LogP contribution in [0.2, 0.25) is 0 Å². The highest BCUT2D eigenvalue weighted by atomic mass is 32.1. The van der Waals surface area contributed by atoms with Crippen LogP contribution in [-0.2, 0) is 13.1 Å². The highest BCUT2D eigenvalue weighted by Gasteiger charge is 2.07. The molecule has 0 aliphatic heterocycles. The topological polar surface area (TPSA) is 80.9 Å². The van der Waals surface area contributed by atoms with E-state index in [0.717, 1.165) is 32.5 Å². The van der Waals surface area contributed by atoms with Gasteiger partial charge in [-0.3, -0.25) is 4.79 Å². The first kappa shape index (κ1) is 23.5. The summed E-state index contributed by atoms with van der Waals surface area (Å²) in [6.45, 7) is 0.975. The van der Waals surface area contributed by atoms with Crippen molar-refractivity contribution in [2.75, 3.05) is 0 Å². The summed E-state index contributed by atoms with van der Waals surface area (Å²) in [7, 11) is 0. The number of carbonyl (C=O) groups excluding carboxylic acids is 1. The maximum atomic E-state index is 12.0. The van der Waals surface area contributed by atoms with E-state index < -0.39 is 0 Å². The molecule has 5 aromatic rings. The van der Waals surface area contributed by atoms with Gasteiger partial charge in [-0.1, -0.05) is 78.9 Å². The molecule has 0 saturated heterocycles. The zero-order valence-electron chi connectivity index (χ0n) is 18.4. The quantitative estimate of drug-likeness (QED) is 0.309. The zero-order chi connectivity index (χ0) is 23.6. The van der Waals surface area contributed by atoms with Crippen LogP contribution in [0.15, 0.2) is 102 Å². The van der Waals surface area contributed by atoms with Crippen molar-refractivity contribution in [1.29, 1.82) is 0 Å². The number of thiazole rings is 2. The summed E-state index contributed by atoms with van der Waals surface area (Å²) in [6, 6.07) is 29.3. The Labute approximate surface area is 207 Å². The highest BCUT2D eigenvalue weighted by molar-refractivity contribution is 7.10. The molecule has 7 heteroatoms. The Balaban J connectivity index is 0.000000180. The summed E-state index contributed by atoms with van der Waals surface area (Å²) in [4.78, 5) is 20.9. The summed E-state index contributed by atoms with van der Waals surface area (Å²) < 4.78 is 0. The van der Waals surface area contributed by atoms with Gasteiger partial charge < -0.3 is 11.1 Å². The van der Waals surface area contributed by atoms with Gasteiger partial charge in [0.15, 0.2) is 0 Å². The van der Waals surface area contributed by atoms with E-state index in [9.17, 15) is 4.79 Å². The second-order valence-corrected chi connectivity index (χ2v) is 9.12. The number of aromatic nitrogens is 2. The molecule has 1 amide bonds. The molecule has 3 aromatic carbocycles. The van der Waals surface area contributed by atoms with E-state index in [1.54, 1.807) is 34.8 Å². The van der Waals surface area contributed by atoms with Crippen LogP contribution >= 0.6 is 22.7 Å². The average Bonchev–Trinajstić information content (AvgIpc) is 3.59. The minimum absolute atomic E-state index is 0.0768. The number of amides is 1. The zero-order valence-corrected chi connectivity index (χ0v) is 20.1. The summed E-state index contributed by atoms with van der Waals surface area (Å²) in [5.74, 6) is -0.0768. The number of carbonyl (C=O) groups is 1. The van der Waals surface area contributed by atoms with E-state index in [1.807, 2.05) is 77.5 Å². The monoisotopic (exact) mass is 484 g/mol. The predicted molar refractivity (Wildman–Crippen MR) is 141 cm³/mol. The third-order valence-electron chi connectivity index (χ3n) is 4.85. The van der Waals surface area contributed by atoms with Crippen LogP contribution < -0.4 is 11.1 Å². The van der Waals surface area contributed by atoms with Crippen LogP contribution in [0.3, 0.4) is 0 Å². The molecule has 0 unspecified atom stereocenters. The van der Waals surface area contributed by atoms with E-state index in [4.69, 9.17) is 5.73 Å². The molecule has 3 N–H and O–H groups in total. The molecule has 34 heavy (non-hydrogen) atoms. The summed E-state index contributed by atoms with van der Waals surface area (Å²) in [5.41, 5.74) is 10.4. The molecule has 0 fully saturated rings. The molecule has 0 radical (unpaired) electrons. The highest BCUT2D eigenvalue weighted by Crippen LogP contribution is 2.22. The van der Waals surface area contributed by atoms with E-state index >= 15 is 0 Å². The van der Waals surface area contributed by atoms with Crippen LogP contribution in [-0.4, -0.2) is 15.9 Å². The van der Waals surface area contributed by atoms with Crippen molar-refractivity contribution >= 4 is 28.6 Å². The molecule has 0 atom stereocenters. The molecular formula is C27H24N4OS2. The number of benzene rings is 3. The molecule has 5 nitrogen and oxygen atoms in total. The Bertz CT molecular complexity index is 1300. The van der Waals surface area contributed by atoms with Gasteiger partial charge in [0.2, 0.25) is 0 Å². The number of nitrogens with zero attached hydrogens (tertiary/aromatic N) is 2. The Morgan fingerprint density at radius 2 is 1.18 bits per heavy atom. The van der Waals surface area contributed by atoms with E-state index in [0.29, 0.717) is 18.7 Å². The maximum absolute atomic E-state index is 12.0. The van der Waals surface area contributed by atoms with Gasteiger partial charge in [0.05, 0.1) is 17.9 Å². The first-order chi connectivity index (χ1) is 16.7. The van der Waals surface area contributed by atoms with Gasteiger partial charge in [-0.15, -0.1) is 22.7 Å². The van der Waals surface area contributed by atoms with Crippen molar-refractivity contribution < 1.29 is 4.79 Å². The van der Waals surface area contributed by atoms with E-state index in [-0.39, 0.29) is 5.91 Å². The van der Waals surface area contributed by atoms with Gasteiger partial charge in [0.1, 0.15) is 10.0 Å². The van der Waals surface area contributed by atoms with Crippen LogP contribution in [0.25, 0.3) is 22.5 Å². The third kappa shape index (κ3) is 6.45. The molecule has 2 heterocycles. The lowest BCUT2D eigenvalue weighted by molar-refractivity contribution is 0.0951. The summed E-state index contributed by atoms with van der Waals surface area (Å²) >= 11 is 3.16. The van der Waals surface area contributed by atoms with Gasteiger partial charge in [0, 0.05) is 34.0 Å². The van der Waals surface area contributed by atoms with Crippen molar-refractivity contribution in [1.82, 2.24) is 15.3 Å². The Morgan fingerprint density at radius 1 is 0.706 bits per heavy atom. The van der Waals surface area contributed by atoms with Crippen LogP contribution in [0.1, 0.15) is 20.4 Å². The molecule has 170 valence electrons. The lowest BCUT2D eigenvalue weighted by atomic mass is 10.2. The molecular weight excluding hydrogens is 460 g/mol. The SMILES string of the molecule is NCc1nc(-c2ccccc2)cs1.O=C(NCc1nc(-c2ccccc2)cs1)c1ccccc1. The number of hydrogen-bond donors (Lipinski definition) is 2. The molecule has 5 rings (SSSR count). The standard InChI is InChI=1S/C17H14N2OS.C10H10N2S/c20-17(14-9-5-2-6-10-14)18-11-16-19-15(12-21-16)13-7-3-1-4-8-13;11-6-10-12-9(7-13-10)8-4-2-1-3-5-8/h1-10,12H,11H2,(H,18,20);1-5,7H,6,11H2. The fourth-order valence-electron chi connectivity index (χ4n) is 3.13. The minimum atomic E-state index is -0.0768. The molecule has 0 aliphatic carbocycles. The van der Waals surface area contributed by atoms with Gasteiger partial charge in [-0.2, -0.15) is 0 Å². The Morgan fingerprint density at radius 3 is 1.68 bits per heavy atom. The molecule has 0 saturated carbocycles. The Kier molecular flexibility index (Phi) is 8.29. The summed E-state index contributed by atoms with van der Waals surface area (Å²) in [6.07, 6.45) is 0. The smallest absolute Gasteiger partial charge is 0.251 e. The van der Waals surface area contributed by atoms with E-state index in [2.05, 4.69) is 27.4 Å². The largest absolute Gasteiger partial charge is 0.346 e. The predicted octanol–water partition coefficient (Wildman–Crippen LogP) is 6.01. The second-order valence-electron chi connectivity index (χ2n) is 7.24. The Hall–Kier alpha value is -3.65. The normalized spacial score (nSPS) is 10.3. The van der Waals surface area contributed by atoms with Crippen molar-refractivity contribution in [2.45, 2.75) is 13.1 Å². The lowest BCUT2D eigenvalue weighted by Gasteiger charge is -2.02. The fraction of sp³-hybridized carbons (Fsp3) is 0.0741. The van der Waals surface area contributed by atoms with Crippen molar-refractivity contribution in [3.8, 4) is 22.5 Å². The fourth-order valence-corrected chi connectivity index (χ4v) is 4.55. The molecule has 0 bridgehead atoms. The lowest BCUT2D eigenvalue weighted by Crippen LogP contribution is -2.22. The van der Waals surface area contributed by atoms with Gasteiger partial charge in [0.25, 0.3) is 5.91 Å². The first-order valence-corrected chi connectivity index (χ1v) is 12.5. The molecule has 2 aromatic heterocycles. The number of rotatable bonds is 6. The van der Waals surface area contributed by atoms with E-state index in [1.165, 1.54) is 0 Å². The van der Waals surface area contributed by atoms with Crippen LogP contribution in [0.4, 0.5) is 0 Å². The number of nitrogens with one attached hydrogen (secondary N) is 1. The summed E-state index contributed by atoms with van der Waals surface area (Å²) in [5, 5.41) is 8.83. The van der Waals surface area contributed by atoms with Gasteiger partial charge >= 0.3 is 0 Å². The third-order valence-corrected chi connectivity index (χ3v) is 6.57. The molecule has 0 aliphatic rings. The first-order valence-electron chi connectivity index (χ1n) is 10.8. The van der Waals surface area contributed by atoms with Crippen molar-refractivity contribution in [2.24, 2.45) is 5.73 Å². The van der Waals surface area contributed by atoms with Crippen molar-refractivity contribution in [3.63, 3.8) is 0 Å².